The number of rotatable bonds is 3. The van der Waals surface area contributed by atoms with Crippen LogP contribution in [0.25, 0.3) is 0 Å². The highest BCUT2D eigenvalue weighted by molar-refractivity contribution is 5.39. The Morgan fingerprint density at radius 3 is 3.00 bits per heavy atom. The molecule has 0 saturated carbocycles. The van der Waals surface area contributed by atoms with E-state index < -0.39 is 0 Å². The normalized spacial score (nSPS) is 9.31. The highest BCUT2D eigenvalue weighted by Gasteiger charge is 1.99. The molecular formula is C10H13N3. The maximum Gasteiger partial charge on any atom is 0.147 e. The maximum absolute atomic E-state index is 5.13. The second kappa shape index (κ2) is 4.46. The van der Waals surface area contributed by atoms with E-state index in [0.29, 0.717) is 6.42 Å². The fourth-order valence-electron chi connectivity index (χ4n) is 0.958. The van der Waals surface area contributed by atoms with Crippen LogP contribution in [0.4, 0.5) is 5.82 Å². The number of anilines is 1. The molecule has 1 aromatic heterocycles. The molecule has 0 aliphatic carbocycles. The molecule has 0 fully saturated rings. The molecule has 0 atom stereocenters. The first-order valence-corrected chi connectivity index (χ1v) is 4.21. The lowest BCUT2D eigenvalue weighted by Crippen LogP contribution is -2.06. The first kappa shape index (κ1) is 9.53. The largest absolute Gasteiger partial charge is 0.368 e. The lowest BCUT2D eigenvalue weighted by Gasteiger charge is -2.06. The van der Waals surface area contributed by atoms with E-state index in [1.54, 1.807) is 6.20 Å². The average molecular weight is 175 g/mol. The summed E-state index contributed by atoms with van der Waals surface area (Å²) >= 11 is 0. The Labute approximate surface area is 78.6 Å². The predicted octanol–water partition coefficient (Wildman–Crippen LogP) is 1.53. The molecule has 0 aromatic carbocycles. The van der Waals surface area contributed by atoms with Crippen LogP contribution in [0.5, 0.6) is 0 Å². The minimum absolute atomic E-state index is 0.703. The van der Waals surface area contributed by atoms with E-state index in [1.807, 2.05) is 13.8 Å². The van der Waals surface area contributed by atoms with Crippen molar-refractivity contribution in [2.75, 3.05) is 11.9 Å². The van der Waals surface area contributed by atoms with Gasteiger partial charge in [-0.1, -0.05) is 0 Å². The lowest BCUT2D eigenvalue weighted by molar-refractivity contribution is 1.01. The zero-order valence-corrected chi connectivity index (χ0v) is 7.96. The van der Waals surface area contributed by atoms with Crippen LogP contribution in [0.15, 0.2) is 6.20 Å². The van der Waals surface area contributed by atoms with E-state index in [9.17, 15) is 0 Å². The van der Waals surface area contributed by atoms with Gasteiger partial charge in [0.15, 0.2) is 0 Å². The van der Waals surface area contributed by atoms with E-state index in [2.05, 4.69) is 21.2 Å². The van der Waals surface area contributed by atoms with E-state index in [-0.39, 0.29) is 0 Å². The number of aryl methyl sites for hydroxylation is 2. The molecule has 1 N–H and O–H groups in total. The fraction of sp³-hybridized carbons (Fsp3) is 0.400. The van der Waals surface area contributed by atoms with Crippen LogP contribution >= 0.6 is 0 Å². The van der Waals surface area contributed by atoms with Crippen molar-refractivity contribution in [3.05, 3.63) is 17.6 Å². The van der Waals surface area contributed by atoms with Gasteiger partial charge in [0.2, 0.25) is 0 Å². The zero-order chi connectivity index (χ0) is 9.68. The molecule has 0 bridgehead atoms. The van der Waals surface area contributed by atoms with E-state index >= 15 is 0 Å². The summed E-state index contributed by atoms with van der Waals surface area (Å²) in [5, 5.41) is 3.14. The van der Waals surface area contributed by atoms with Gasteiger partial charge in [-0.3, -0.25) is 4.98 Å². The number of hydrogen-bond donors (Lipinski definition) is 1. The molecule has 0 unspecified atom stereocenters. The van der Waals surface area contributed by atoms with Crippen molar-refractivity contribution < 1.29 is 0 Å². The minimum Gasteiger partial charge on any atom is -0.368 e. The van der Waals surface area contributed by atoms with E-state index in [0.717, 1.165) is 23.8 Å². The molecule has 13 heavy (non-hydrogen) atoms. The van der Waals surface area contributed by atoms with Gasteiger partial charge in [0.1, 0.15) is 5.82 Å². The maximum atomic E-state index is 5.13. The van der Waals surface area contributed by atoms with Crippen molar-refractivity contribution in [3.63, 3.8) is 0 Å². The zero-order valence-electron chi connectivity index (χ0n) is 7.96. The Morgan fingerprint density at radius 1 is 1.54 bits per heavy atom. The molecule has 1 heterocycles. The van der Waals surface area contributed by atoms with Crippen molar-refractivity contribution >= 4 is 5.82 Å². The summed E-state index contributed by atoms with van der Waals surface area (Å²) in [7, 11) is 0. The highest BCUT2D eigenvalue weighted by atomic mass is 15.0. The molecule has 0 spiro atoms. The van der Waals surface area contributed by atoms with Gasteiger partial charge in [0, 0.05) is 19.2 Å². The molecule has 3 heteroatoms. The van der Waals surface area contributed by atoms with Crippen molar-refractivity contribution in [2.45, 2.75) is 20.3 Å². The number of nitrogens with one attached hydrogen (secondary N) is 1. The van der Waals surface area contributed by atoms with Crippen LogP contribution in [-0.4, -0.2) is 16.5 Å². The first-order valence-electron chi connectivity index (χ1n) is 4.21. The Kier molecular flexibility index (Phi) is 3.27. The summed E-state index contributed by atoms with van der Waals surface area (Å²) < 4.78 is 0. The van der Waals surface area contributed by atoms with Crippen LogP contribution in [0, 0.1) is 26.2 Å². The predicted molar refractivity (Wildman–Crippen MR) is 53.4 cm³/mol. The quantitative estimate of drug-likeness (QED) is 0.559. The molecule has 0 amide bonds. The first-order chi connectivity index (χ1) is 6.24. The molecule has 0 saturated heterocycles. The summed E-state index contributed by atoms with van der Waals surface area (Å²) in [4.78, 5) is 8.48. The topological polar surface area (TPSA) is 37.8 Å². The third-order valence-electron chi connectivity index (χ3n) is 1.64. The van der Waals surface area contributed by atoms with Crippen molar-refractivity contribution in [2.24, 2.45) is 0 Å². The Hall–Kier alpha value is -1.56. The standard InChI is InChI=1S/C10H13N3/c1-4-5-6-11-10-9(3)12-7-8(2)13-10/h1,7H,5-6H2,2-3H3,(H,11,13). The van der Waals surface area contributed by atoms with Crippen LogP contribution in [0.2, 0.25) is 0 Å². The summed E-state index contributed by atoms with van der Waals surface area (Å²) in [6, 6.07) is 0. The number of nitrogens with zero attached hydrogens (tertiary/aromatic N) is 2. The van der Waals surface area contributed by atoms with Gasteiger partial charge in [-0.05, 0) is 13.8 Å². The van der Waals surface area contributed by atoms with Gasteiger partial charge in [0.25, 0.3) is 0 Å². The Morgan fingerprint density at radius 2 is 2.31 bits per heavy atom. The van der Waals surface area contributed by atoms with Gasteiger partial charge in [-0.2, -0.15) is 0 Å². The van der Waals surface area contributed by atoms with Crippen LogP contribution in [0.1, 0.15) is 17.8 Å². The second-order valence-corrected chi connectivity index (χ2v) is 2.83. The molecular weight excluding hydrogens is 162 g/mol. The summed E-state index contributed by atoms with van der Waals surface area (Å²) in [5.41, 5.74) is 1.82. The molecule has 68 valence electrons. The van der Waals surface area contributed by atoms with Crippen LogP contribution in [-0.2, 0) is 0 Å². The Bertz CT molecular complexity index is 325. The smallest absolute Gasteiger partial charge is 0.147 e. The minimum atomic E-state index is 0.703. The third kappa shape index (κ3) is 2.75. The van der Waals surface area contributed by atoms with E-state index in [1.165, 1.54) is 0 Å². The van der Waals surface area contributed by atoms with Crippen molar-refractivity contribution in [3.8, 4) is 12.3 Å². The third-order valence-corrected chi connectivity index (χ3v) is 1.64. The van der Waals surface area contributed by atoms with Crippen LogP contribution in [0.3, 0.4) is 0 Å². The number of terminal acetylenes is 1. The summed E-state index contributed by atoms with van der Waals surface area (Å²) in [6.07, 6.45) is 7.59. The molecule has 0 aliphatic rings. The highest BCUT2D eigenvalue weighted by Crippen LogP contribution is 2.07. The SMILES string of the molecule is C#CCCNc1nc(C)cnc1C. The van der Waals surface area contributed by atoms with Gasteiger partial charge >= 0.3 is 0 Å². The molecule has 1 rings (SSSR count). The van der Waals surface area contributed by atoms with E-state index in [4.69, 9.17) is 6.42 Å². The monoisotopic (exact) mass is 175 g/mol. The molecule has 3 nitrogen and oxygen atoms in total. The van der Waals surface area contributed by atoms with Gasteiger partial charge in [-0.15, -0.1) is 12.3 Å². The lowest BCUT2D eigenvalue weighted by atomic mass is 10.4. The van der Waals surface area contributed by atoms with Gasteiger partial charge in [0.05, 0.1) is 11.4 Å². The second-order valence-electron chi connectivity index (χ2n) is 2.83. The van der Waals surface area contributed by atoms with Crippen molar-refractivity contribution in [1.29, 1.82) is 0 Å². The summed E-state index contributed by atoms with van der Waals surface area (Å²) in [5.74, 6) is 3.39. The van der Waals surface area contributed by atoms with Crippen molar-refractivity contribution in [1.82, 2.24) is 9.97 Å². The van der Waals surface area contributed by atoms with Crippen LogP contribution < -0.4 is 5.32 Å². The number of aromatic nitrogens is 2. The number of hydrogen-bond acceptors (Lipinski definition) is 3. The average Bonchev–Trinajstić information content (AvgIpc) is 2.11. The summed E-state index contributed by atoms with van der Waals surface area (Å²) in [6.45, 7) is 4.58. The molecule has 0 radical (unpaired) electrons. The fourth-order valence-corrected chi connectivity index (χ4v) is 0.958. The molecule has 1 aromatic rings. The van der Waals surface area contributed by atoms with Gasteiger partial charge < -0.3 is 5.32 Å². The Balaban J connectivity index is 2.65. The van der Waals surface area contributed by atoms with Gasteiger partial charge in [-0.25, -0.2) is 4.98 Å². The molecule has 0 aliphatic heterocycles.